The van der Waals surface area contributed by atoms with Gasteiger partial charge in [-0.05, 0) is 50.2 Å². The van der Waals surface area contributed by atoms with Crippen molar-refractivity contribution in [1.29, 1.82) is 0 Å². The van der Waals surface area contributed by atoms with Gasteiger partial charge in [0.05, 0.1) is 36.1 Å². The molecule has 3 aromatic heterocycles. The van der Waals surface area contributed by atoms with Crippen LogP contribution in [0.4, 0.5) is 16.0 Å². The minimum Gasteiger partial charge on any atom is -0.369 e. The van der Waals surface area contributed by atoms with E-state index in [1.807, 2.05) is 24.3 Å². The Morgan fingerprint density at radius 2 is 1.94 bits per heavy atom. The zero-order valence-corrected chi connectivity index (χ0v) is 18.8. The number of ether oxygens (including phenoxy) is 1. The van der Waals surface area contributed by atoms with Crippen molar-refractivity contribution in [2.45, 2.75) is 32.5 Å². The molecule has 4 heterocycles. The van der Waals surface area contributed by atoms with Crippen molar-refractivity contribution in [3.8, 4) is 0 Å². The van der Waals surface area contributed by atoms with Gasteiger partial charge in [-0.3, -0.25) is 4.90 Å². The van der Waals surface area contributed by atoms with E-state index in [4.69, 9.17) is 14.7 Å². The molecule has 7 nitrogen and oxygen atoms in total. The molecule has 0 aliphatic carbocycles. The number of nitrogens with zero attached hydrogens (tertiary/aromatic N) is 5. The predicted octanol–water partition coefficient (Wildman–Crippen LogP) is 4.86. The van der Waals surface area contributed by atoms with Crippen LogP contribution in [-0.4, -0.2) is 44.1 Å². The molecule has 0 bridgehead atoms. The summed E-state index contributed by atoms with van der Waals surface area (Å²) in [5.74, 6) is 1.88. The van der Waals surface area contributed by atoms with E-state index in [9.17, 15) is 4.39 Å². The van der Waals surface area contributed by atoms with Gasteiger partial charge in [0.1, 0.15) is 29.4 Å². The van der Waals surface area contributed by atoms with Gasteiger partial charge in [0, 0.05) is 19.1 Å². The summed E-state index contributed by atoms with van der Waals surface area (Å²) in [6, 6.07) is 17.3. The lowest BCUT2D eigenvalue weighted by atomic mass is 10.2. The maximum absolute atomic E-state index is 13.1. The Hall–Kier alpha value is -3.36. The molecule has 1 atom stereocenters. The van der Waals surface area contributed by atoms with Gasteiger partial charge in [-0.15, -0.1) is 0 Å². The second-order valence-corrected chi connectivity index (χ2v) is 8.51. The minimum absolute atomic E-state index is 0.140. The Morgan fingerprint density at radius 1 is 1.06 bits per heavy atom. The van der Waals surface area contributed by atoms with Gasteiger partial charge < -0.3 is 14.6 Å². The molecule has 1 aliphatic heterocycles. The number of fused-ring (bicyclic) bond motifs is 1. The van der Waals surface area contributed by atoms with Crippen molar-refractivity contribution in [3.05, 3.63) is 78.1 Å². The number of pyridine rings is 2. The Morgan fingerprint density at radius 3 is 2.76 bits per heavy atom. The Labute approximate surface area is 192 Å². The maximum Gasteiger partial charge on any atom is 0.141 e. The minimum atomic E-state index is -0.371. The number of aromatic nitrogens is 4. The summed E-state index contributed by atoms with van der Waals surface area (Å²) >= 11 is 0. The monoisotopic (exact) mass is 446 g/mol. The number of hydrogen-bond donors (Lipinski definition) is 1. The largest absolute Gasteiger partial charge is 0.369 e. The summed E-state index contributed by atoms with van der Waals surface area (Å²) in [6.07, 6.45) is 1.04. The lowest BCUT2D eigenvalue weighted by molar-refractivity contribution is -0.0359. The van der Waals surface area contributed by atoms with Gasteiger partial charge in [-0.25, -0.2) is 19.3 Å². The van der Waals surface area contributed by atoms with E-state index in [2.05, 4.69) is 51.8 Å². The van der Waals surface area contributed by atoms with Crippen LogP contribution in [0.2, 0.25) is 0 Å². The summed E-state index contributed by atoms with van der Waals surface area (Å²) in [4.78, 5) is 16.0. The second-order valence-electron chi connectivity index (χ2n) is 8.51. The van der Waals surface area contributed by atoms with E-state index >= 15 is 0 Å². The van der Waals surface area contributed by atoms with E-state index in [0.29, 0.717) is 24.3 Å². The lowest BCUT2D eigenvalue weighted by Gasteiger charge is -2.32. The fraction of sp³-hybridized carbons (Fsp3) is 0.320. The number of morpholine rings is 1. The maximum atomic E-state index is 13.1. The highest BCUT2D eigenvalue weighted by molar-refractivity contribution is 5.76. The molecule has 0 amide bonds. The number of para-hydroxylation sites is 2. The van der Waals surface area contributed by atoms with Crippen LogP contribution in [0.5, 0.6) is 0 Å². The van der Waals surface area contributed by atoms with E-state index in [1.165, 1.54) is 17.8 Å². The number of benzene rings is 1. The van der Waals surface area contributed by atoms with Crippen LogP contribution in [0.25, 0.3) is 11.0 Å². The first-order valence-corrected chi connectivity index (χ1v) is 11.2. The molecule has 1 aliphatic rings. The van der Waals surface area contributed by atoms with Gasteiger partial charge in [-0.1, -0.05) is 18.2 Å². The predicted molar refractivity (Wildman–Crippen MR) is 126 cm³/mol. The summed E-state index contributed by atoms with van der Waals surface area (Å²) < 4.78 is 21.5. The first-order valence-electron chi connectivity index (χ1n) is 11.2. The average molecular weight is 447 g/mol. The summed E-state index contributed by atoms with van der Waals surface area (Å²) in [6.45, 7) is 7.34. The summed E-state index contributed by atoms with van der Waals surface area (Å²) in [5.41, 5.74) is 3.05. The van der Waals surface area contributed by atoms with E-state index in [0.717, 1.165) is 36.7 Å². The van der Waals surface area contributed by atoms with Crippen LogP contribution in [0.1, 0.15) is 37.5 Å². The first-order chi connectivity index (χ1) is 16.1. The summed E-state index contributed by atoms with van der Waals surface area (Å²) in [5, 5.41) is 3.13. The molecule has 1 saturated heterocycles. The van der Waals surface area contributed by atoms with Crippen LogP contribution < -0.4 is 5.32 Å². The topological polar surface area (TPSA) is 68.1 Å². The standard InChI is InChI=1S/C25H27FN6O/c1-17(2)32-21-8-4-3-6-19(21)29-25(32)16-31-12-13-33-22(15-31)20-7-5-9-24(28-20)30-23-11-10-18(26)14-27-23/h3-11,14,17,22H,12-13,15-16H2,1-2H3,(H,27,28,30)/t22-/m1/s1. The number of halogens is 1. The molecule has 1 aromatic carbocycles. The van der Waals surface area contributed by atoms with Crippen molar-refractivity contribution < 1.29 is 9.13 Å². The van der Waals surface area contributed by atoms with E-state index in [1.54, 1.807) is 6.07 Å². The number of rotatable bonds is 6. The van der Waals surface area contributed by atoms with Gasteiger partial charge >= 0.3 is 0 Å². The number of anilines is 2. The molecule has 5 rings (SSSR count). The van der Waals surface area contributed by atoms with Gasteiger partial charge in [0.25, 0.3) is 0 Å². The molecule has 0 radical (unpaired) electrons. The Balaban J connectivity index is 1.32. The quantitative estimate of drug-likeness (QED) is 0.456. The van der Waals surface area contributed by atoms with Gasteiger partial charge in [0.15, 0.2) is 0 Å². The second kappa shape index (κ2) is 9.25. The van der Waals surface area contributed by atoms with Crippen molar-refractivity contribution in [1.82, 2.24) is 24.4 Å². The normalized spacial score (nSPS) is 17.0. The van der Waals surface area contributed by atoms with Crippen molar-refractivity contribution in [3.63, 3.8) is 0 Å². The molecule has 170 valence electrons. The van der Waals surface area contributed by atoms with Crippen LogP contribution in [0.3, 0.4) is 0 Å². The molecule has 0 spiro atoms. The van der Waals surface area contributed by atoms with Crippen LogP contribution in [0.15, 0.2) is 60.8 Å². The SMILES string of the molecule is CC(C)n1c(CN2CCO[C@@H](c3cccc(Nc4ccc(F)cn4)n3)C2)nc2ccccc21. The smallest absolute Gasteiger partial charge is 0.141 e. The molecule has 0 saturated carbocycles. The lowest BCUT2D eigenvalue weighted by Crippen LogP contribution is -2.38. The third kappa shape index (κ3) is 4.72. The molecule has 4 aromatic rings. The molecule has 1 N–H and O–H groups in total. The van der Waals surface area contributed by atoms with Gasteiger partial charge in [-0.2, -0.15) is 0 Å². The molecular weight excluding hydrogens is 419 g/mol. The fourth-order valence-corrected chi connectivity index (χ4v) is 4.29. The molecule has 1 fully saturated rings. The average Bonchev–Trinajstić information content (AvgIpc) is 3.19. The number of nitrogens with one attached hydrogen (secondary N) is 1. The molecule has 8 heteroatoms. The van der Waals surface area contributed by atoms with Gasteiger partial charge in [0.2, 0.25) is 0 Å². The first kappa shape index (κ1) is 21.5. The van der Waals surface area contributed by atoms with Crippen molar-refractivity contribution in [2.75, 3.05) is 25.0 Å². The Kier molecular flexibility index (Phi) is 6.02. The number of hydrogen-bond acceptors (Lipinski definition) is 6. The molecular formula is C25H27FN6O. The molecule has 33 heavy (non-hydrogen) atoms. The highest BCUT2D eigenvalue weighted by Crippen LogP contribution is 2.26. The van der Waals surface area contributed by atoms with Crippen LogP contribution in [0, 0.1) is 5.82 Å². The molecule has 0 unspecified atom stereocenters. The third-order valence-corrected chi connectivity index (χ3v) is 5.78. The van der Waals surface area contributed by atoms with Crippen molar-refractivity contribution >= 4 is 22.7 Å². The zero-order chi connectivity index (χ0) is 22.8. The fourth-order valence-electron chi connectivity index (χ4n) is 4.29. The Bertz CT molecular complexity index is 1240. The third-order valence-electron chi connectivity index (χ3n) is 5.78. The van der Waals surface area contributed by atoms with E-state index < -0.39 is 0 Å². The zero-order valence-electron chi connectivity index (χ0n) is 18.8. The number of imidazole rings is 1. The highest BCUT2D eigenvalue weighted by Gasteiger charge is 2.25. The van der Waals surface area contributed by atoms with Crippen LogP contribution >= 0.6 is 0 Å². The van der Waals surface area contributed by atoms with Crippen LogP contribution in [-0.2, 0) is 11.3 Å². The van der Waals surface area contributed by atoms with Crippen molar-refractivity contribution in [2.24, 2.45) is 0 Å². The highest BCUT2D eigenvalue weighted by atomic mass is 19.1. The summed E-state index contributed by atoms with van der Waals surface area (Å²) in [7, 11) is 0. The van der Waals surface area contributed by atoms with E-state index in [-0.39, 0.29) is 11.9 Å².